The molecule has 0 saturated carbocycles. The van der Waals surface area contributed by atoms with Crippen molar-refractivity contribution in [2.75, 3.05) is 11.4 Å². The highest BCUT2D eigenvalue weighted by atomic mass is 32.1. The molecule has 8 nitrogen and oxygen atoms in total. The van der Waals surface area contributed by atoms with Gasteiger partial charge in [-0.05, 0) is 18.6 Å². The van der Waals surface area contributed by atoms with Crippen molar-refractivity contribution in [3.63, 3.8) is 0 Å². The Morgan fingerprint density at radius 1 is 1.28 bits per heavy atom. The molecule has 152 valence electrons. The minimum atomic E-state index is -4.49. The summed E-state index contributed by atoms with van der Waals surface area (Å²) in [4.78, 5) is 29.9. The van der Waals surface area contributed by atoms with Crippen LogP contribution < -0.4 is 10.2 Å². The van der Waals surface area contributed by atoms with Crippen molar-refractivity contribution in [1.82, 2.24) is 24.9 Å². The fourth-order valence-corrected chi connectivity index (χ4v) is 3.85. The van der Waals surface area contributed by atoms with Crippen LogP contribution >= 0.6 is 11.3 Å². The first-order valence-electron chi connectivity index (χ1n) is 8.73. The van der Waals surface area contributed by atoms with Crippen LogP contribution in [0, 0.1) is 0 Å². The number of anilines is 1. The minimum Gasteiger partial charge on any atom is -0.348 e. The zero-order chi connectivity index (χ0) is 20.6. The predicted molar refractivity (Wildman–Crippen MR) is 97.2 cm³/mol. The lowest BCUT2D eigenvalue weighted by Crippen LogP contribution is -2.26. The topological polar surface area (TPSA) is 92.5 Å². The van der Waals surface area contributed by atoms with Gasteiger partial charge in [0.15, 0.2) is 16.6 Å². The molecule has 1 aliphatic heterocycles. The SMILES string of the molecule is O=C(Cc1csc(N2CCCC2=O)n1)NCc1nnc2ccc(C(F)(F)F)cn12. The number of carbonyl (C=O) groups is 2. The van der Waals surface area contributed by atoms with Crippen LogP contribution in [-0.4, -0.2) is 37.9 Å². The smallest absolute Gasteiger partial charge is 0.348 e. The van der Waals surface area contributed by atoms with Gasteiger partial charge >= 0.3 is 6.18 Å². The lowest BCUT2D eigenvalue weighted by atomic mass is 10.3. The molecule has 2 amide bonds. The summed E-state index contributed by atoms with van der Waals surface area (Å²) in [5, 5.41) is 12.5. The van der Waals surface area contributed by atoms with E-state index in [1.54, 1.807) is 10.3 Å². The maximum absolute atomic E-state index is 12.9. The molecular weight excluding hydrogens is 409 g/mol. The van der Waals surface area contributed by atoms with E-state index >= 15 is 0 Å². The molecule has 4 rings (SSSR count). The quantitative estimate of drug-likeness (QED) is 0.678. The summed E-state index contributed by atoms with van der Waals surface area (Å²) in [5.74, 6) is -0.160. The zero-order valence-corrected chi connectivity index (χ0v) is 15.8. The summed E-state index contributed by atoms with van der Waals surface area (Å²) in [6, 6.07) is 2.15. The fraction of sp³-hybridized carbons (Fsp3) is 0.353. The average Bonchev–Trinajstić information content (AvgIpc) is 3.38. The van der Waals surface area contributed by atoms with Gasteiger partial charge in [0.1, 0.15) is 0 Å². The third-order valence-electron chi connectivity index (χ3n) is 4.43. The van der Waals surface area contributed by atoms with Crippen molar-refractivity contribution < 1.29 is 22.8 Å². The van der Waals surface area contributed by atoms with Gasteiger partial charge in [-0.2, -0.15) is 13.2 Å². The molecule has 0 spiro atoms. The van der Waals surface area contributed by atoms with Crippen molar-refractivity contribution in [3.8, 4) is 0 Å². The Morgan fingerprint density at radius 3 is 2.83 bits per heavy atom. The molecular formula is C17H15F3N6O2S. The summed E-state index contributed by atoms with van der Waals surface area (Å²) in [6.45, 7) is 0.542. The fourth-order valence-electron chi connectivity index (χ4n) is 2.98. The number of rotatable bonds is 5. The van der Waals surface area contributed by atoms with Gasteiger partial charge in [-0.1, -0.05) is 0 Å². The van der Waals surface area contributed by atoms with E-state index in [0.29, 0.717) is 23.8 Å². The van der Waals surface area contributed by atoms with Crippen LogP contribution in [0.5, 0.6) is 0 Å². The second kappa shape index (κ2) is 7.43. The second-order valence-electron chi connectivity index (χ2n) is 6.48. The average molecular weight is 424 g/mol. The van der Waals surface area contributed by atoms with Gasteiger partial charge < -0.3 is 5.32 Å². The molecule has 1 fully saturated rings. The number of nitrogens with zero attached hydrogens (tertiary/aromatic N) is 5. The first-order chi connectivity index (χ1) is 13.8. The Labute approximate surface area is 166 Å². The molecule has 0 unspecified atom stereocenters. The number of aromatic nitrogens is 4. The number of thiazole rings is 1. The molecule has 0 bridgehead atoms. The Morgan fingerprint density at radius 2 is 2.10 bits per heavy atom. The summed E-state index contributed by atoms with van der Waals surface area (Å²) in [7, 11) is 0. The van der Waals surface area contributed by atoms with E-state index < -0.39 is 11.7 Å². The van der Waals surface area contributed by atoms with E-state index in [0.717, 1.165) is 18.7 Å². The predicted octanol–water partition coefficient (Wildman–Crippen LogP) is 2.19. The third kappa shape index (κ3) is 4.06. The number of fused-ring (bicyclic) bond motifs is 1. The number of alkyl halides is 3. The number of carbonyl (C=O) groups excluding carboxylic acids is 2. The van der Waals surface area contributed by atoms with Gasteiger partial charge in [-0.15, -0.1) is 21.5 Å². The normalized spacial score (nSPS) is 14.7. The van der Waals surface area contributed by atoms with Crippen molar-refractivity contribution in [3.05, 3.63) is 40.8 Å². The lowest BCUT2D eigenvalue weighted by molar-refractivity contribution is -0.138. The summed E-state index contributed by atoms with van der Waals surface area (Å²) in [5.41, 5.74) is -0.0572. The van der Waals surface area contributed by atoms with E-state index in [1.807, 2.05) is 0 Å². The number of hydrogen-bond acceptors (Lipinski definition) is 6. The van der Waals surface area contributed by atoms with Crippen LogP contribution in [0.3, 0.4) is 0 Å². The number of halogens is 3. The number of amides is 2. The highest BCUT2D eigenvalue weighted by molar-refractivity contribution is 7.14. The number of pyridine rings is 1. The standard InChI is InChI=1S/C17H15F3N6O2S/c18-17(19,20)10-3-4-12-23-24-13(26(12)8-10)7-21-14(27)6-11-9-29-16(22-11)25-5-1-2-15(25)28/h3-4,8-9H,1-2,5-7H2,(H,21,27). The van der Waals surface area contributed by atoms with Crippen molar-refractivity contribution in [2.45, 2.75) is 32.0 Å². The summed E-state index contributed by atoms with van der Waals surface area (Å²) >= 11 is 1.30. The van der Waals surface area contributed by atoms with E-state index in [1.165, 1.54) is 21.8 Å². The van der Waals surface area contributed by atoms with Crippen LogP contribution in [0.25, 0.3) is 5.65 Å². The van der Waals surface area contributed by atoms with Crippen LogP contribution in [0.1, 0.15) is 29.9 Å². The van der Waals surface area contributed by atoms with Crippen LogP contribution in [0.4, 0.5) is 18.3 Å². The molecule has 0 radical (unpaired) electrons. The molecule has 1 saturated heterocycles. The van der Waals surface area contributed by atoms with E-state index in [-0.39, 0.29) is 36.3 Å². The third-order valence-corrected chi connectivity index (χ3v) is 5.34. The van der Waals surface area contributed by atoms with Gasteiger partial charge in [0.2, 0.25) is 11.8 Å². The molecule has 0 aliphatic carbocycles. The lowest BCUT2D eigenvalue weighted by Gasteiger charge is -2.10. The van der Waals surface area contributed by atoms with Gasteiger partial charge in [0.05, 0.1) is 24.2 Å². The Hall–Kier alpha value is -3.02. The van der Waals surface area contributed by atoms with E-state index in [9.17, 15) is 22.8 Å². The van der Waals surface area contributed by atoms with Gasteiger partial charge in [0.25, 0.3) is 0 Å². The highest BCUT2D eigenvalue weighted by Crippen LogP contribution is 2.29. The second-order valence-corrected chi connectivity index (χ2v) is 7.32. The van der Waals surface area contributed by atoms with Crippen LogP contribution in [-0.2, 0) is 28.7 Å². The molecule has 0 aromatic carbocycles. The van der Waals surface area contributed by atoms with Gasteiger partial charge in [-0.25, -0.2) is 4.98 Å². The maximum atomic E-state index is 12.9. The highest BCUT2D eigenvalue weighted by Gasteiger charge is 2.31. The van der Waals surface area contributed by atoms with Gasteiger partial charge in [-0.3, -0.25) is 18.9 Å². The van der Waals surface area contributed by atoms with E-state index in [2.05, 4.69) is 20.5 Å². The zero-order valence-electron chi connectivity index (χ0n) is 14.9. The maximum Gasteiger partial charge on any atom is 0.417 e. The van der Waals surface area contributed by atoms with Crippen molar-refractivity contribution in [2.24, 2.45) is 0 Å². The molecule has 29 heavy (non-hydrogen) atoms. The van der Waals surface area contributed by atoms with Crippen molar-refractivity contribution >= 4 is 33.9 Å². The van der Waals surface area contributed by atoms with Crippen LogP contribution in [0.15, 0.2) is 23.7 Å². The van der Waals surface area contributed by atoms with E-state index in [4.69, 9.17) is 0 Å². The largest absolute Gasteiger partial charge is 0.417 e. The molecule has 0 atom stereocenters. The summed E-state index contributed by atoms with van der Waals surface area (Å²) < 4.78 is 39.9. The van der Waals surface area contributed by atoms with Crippen molar-refractivity contribution in [1.29, 1.82) is 0 Å². The van der Waals surface area contributed by atoms with Crippen LogP contribution in [0.2, 0.25) is 0 Å². The monoisotopic (exact) mass is 424 g/mol. The molecule has 3 aromatic rings. The molecule has 12 heteroatoms. The Kier molecular flexibility index (Phi) is 4.94. The summed E-state index contributed by atoms with van der Waals surface area (Å²) in [6.07, 6.45) is -2.31. The first-order valence-corrected chi connectivity index (χ1v) is 9.61. The molecule has 3 aromatic heterocycles. The molecule has 4 heterocycles. The Bertz CT molecular complexity index is 1080. The molecule has 1 N–H and O–H groups in total. The first kappa shape index (κ1) is 19.3. The van der Waals surface area contributed by atoms with Gasteiger partial charge in [0, 0.05) is 24.5 Å². The minimum absolute atomic E-state index is 0.0108. The molecule has 1 aliphatic rings. The Balaban J connectivity index is 1.40. The number of nitrogens with one attached hydrogen (secondary N) is 1. The number of hydrogen-bond donors (Lipinski definition) is 1.